The van der Waals surface area contributed by atoms with Crippen molar-refractivity contribution in [2.24, 2.45) is 0 Å². The lowest BCUT2D eigenvalue weighted by atomic mass is 10.2. The number of ether oxygens (including phenoxy) is 1. The lowest BCUT2D eigenvalue weighted by Crippen LogP contribution is -2.21. The summed E-state index contributed by atoms with van der Waals surface area (Å²) in [5.74, 6) is 0. The van der Waals surface area contributed by atoms with Gasteiger partial charge in [0.15, 0.2) is 5.15 Å². The minimum atomic E-state index is -4.36. The van der Waals surface area contributed by atoms with Crippen LogP contribution in [0.1, 0.15) is 19.0 Å². The molecule has 0 atom stereocenters. The zero-order chi connectivity index (χ0) is 16.0. The average Bonchev–Trinajstić information content (AvgIpc) is 2.37. The third-order valence-corrected chi connectivity index (χ3v) is 2.73. The first kappa shape index (κ1) is 17.9. The molecule has 1 heterocycles. The van der Waals surface area contributed by atoms with Gasteiger partial charge in [-0.2, -0.15) is 13.2 Å². The molecule has 10 heteroatoms. The average molecular weight is 345 g/mol. The highest BCUT2D eigenvalue weighted by Gasteiger charge is 2.27. The first-order valence-electron chi connectivity index (χ1n) is 5.93. The van der Waals surface area contributed by atoms with Gasteiger partial charge in [0, 0.05) is 6.54 Å². The molecular formula is C11H13Cl2F3N4O. The van der Waals surface area contributed by atoms with Crippen LogP contribution >= 0.6 is 23.2 Å². The number of nitrogens with zero attached hydrogens (tertiary/aromatic N) is 2. The van der Waals surface area contributed by atoms with Crippen LogP contribution in [-0.4, -0.2) is 41.6 Å². The molecule has 0 unspecified atom stereocenters. The summed E-state index contributed by atoms with van der Waals surface area (Å²) in [5, 5.41) is 10.4. The predicted octanol–water partition coefficient (Wildman–Crippen LogP) is 3.55. The van der Waals surface area contributed by atoms with E-state index >= 15 is 0 Å². The van der Waals surface area contributed by atoms with Crippen LogP contribution < -0.4 is 5.32 Å². The van der Waals surface area contributed by atoms with Gasteiger partial charge in [-0.25, -0.2) is 9.97 Å². The van der Waals surface area contributed by atoms with Crippen molar-refractivity contribution in [2.45, 2.75) is 19.5 Å². The molecular weight excluding hydrogens is 332 g/mol. The molecule has 0 aromatic carbocycles. The van der Waals surface area contributed by atoms with Crippen molar-refractivity contribution in [3.05, 3.63) is 16.1 Å². The van der Waals surface area contributed by atoms with Gasteiger partial charge in [0.25, 0.3) is 0 Å². The van der Waals surface area contributed by atoms with Gasteiger partial charge in [-0.3, -0.25) is 0 Å². The number of rotatable bonds is 7. The number of alkyl halides is 3. The molecule has 1 rings (SSSR count). The predicted molar refractivity (Wildman–Crippen MR) is 74.5 cm³/mol. The Kier molecular flexibility index (Phi) is 6.63. The number of hydrogen-bond donors (Lipinski definition) is 2. The van der Waals surface area contributed by atoms with E-state index in [0.29, 0.717) is 6.42 Å². The topological polar surface area (TPSA) is 70.9 Å². The lowest BCUT2D eigenvalue weighted by Gasteiger charge is -2.13. The molecule has 0 saturated carbocycles. The Morgan fingerprint density at radius 1 is 1.33 bits per heavy atom. The van der Waals surface area contributed by atoms with E-state index in [4.69, 9.17) is 28.6 Å². The molecule has 1 aromatic rings. The highest BCUT2D eigenvalue weighted by molar-refractivity contribution is 6.34. The van der Waals surface area contributed by atoms with Crippen molar-refractivity contribution in [1.29, 1.82) is 5.41 Å². The summed E-state index contributed by atoms with van der Waals surface area (Å²) in [5.41, 5.74) is 0.654. The van der Waals surface area contributed by atoms with Crippen molar-refractivity contribution in [1.82, 2.24) is 9.97 Å². The van der Waals surface area contributed by atoms with Gasteiger partial charge in [-0.1, -0.05) is 18.5 Å². The molecule has 0 aliphatic heterocycles. The fourth-order valence-corrected chi connectivity index (χ4v) is 1.83. The normalized spacial score (nSPS) is 11.5. The Bertz CT molecular complexity index is 511. The molecule has 0 fully saturated rings. The van der Waals surface area contributed by atoms with Gasteiger partial charge < -0.3 is 15.5 Å². The summed E-state index contributed by atoms with van der Waals surface area (Å²) >= 11 is 11.6. The van der Waals surface area contributed by atoms with E-state index in [1.165, 1.54) is 0 Å². The summed E-state index contributed by atoms with van der Waals surface area (Å²) in [6.07, 6.45) is -3.97. The number of aromatic nitrogens is 2. The number of halogens is 5. The molecule has 2 N–H and O–H groups in total. The van der Waals surface area contributed by atoms with Crippen molar-refractivity contribution < 1.29 is 17.9 Å². The largest absolute Gasteiger partial charge is 0.411 e. The van der Waals surface area contributed by atoms with Crippen molar-refractivity contribution in [2.75, 3.05) is 25.1 Å². The quantitative estimate of drug-likeness (QED) is 0.343. The molecule has 0 spiro atoms. The summed E-state index contributed by atoms with van der Waals surface area (Å²) in [6, 6.07) is 0. The standard InChI is InChI=1S/C11H13Cl2F3N4O/c1-2-6(17)7-8(9(12)20-10(13)19-7)18-3-4-21-5-11(14,15)16/h17-18H,2-5H2,1H3. The zero-order valence-corrected chi connectivity index (χ0v) is 12.5. The van der Waals surface area contributed by atoms with E-state index in [1.807, 2.05) is 0 Å². The van der Waals surface area contributed by atoms with E-state index in [9.17, 15) is 13.2 Å². The van der Waals surface area contributed by atoms with E-state index in [-0.39, 0.29) is 40.7 Å². The van der Waals surface area contributed by atoms with Gasteiger partial charge >= 0.3 is 6.18 Å². The Balaban J connectivity index is 2.68. The Hall–Kier alpha value is -1.12. The second-order valence-corrected chi connectivity index (χ2v) is 4.63. The molecule has 0 aliphatic carbocycles. The lowest BCUT2D eigenvalue weighted by molar-refractivity contribution is -0.172. The highest BCUT2D eigenvalue weighted by atomic mass is 35.5. The van der Waals surface area contributed by atoms with Crippen LogP contribution in [0.3, 0.4) is 0 Å². The molecule has 1 aromatic heterocycles. The second kappa shape index (κ2) is 7.77. The third kappa shape index (κ3) is 6.03. The summed E-state index contributed by atoms with van der Waals surface area (Å²) in [7, 11) is 0. The molecule has 118 valence electrons. The fourth-order valence-electron chi connectivity index (χ4n) is 1.39. The van der Waals surface area contributed by atoms with Crippen molar-refractivity contribution in [3.63, 3.8) is 0 Å². The molecule has 0 aliphatic rings. The van der Waals surface area contributed by atoms with E-state index < -0.39 is 12.8 Å². The van der Waals surface area contributed by atoms with Gasteiger partial charge in [-0.15, -0.1) is 0 Å². The summed E-state index contributed by atoms with van der Waals surface area (Å²) < 4.78 is 40.2. The van der Waals surface area contributed by atoms with Gasteiger partial charge in [-0.05, 0) is 18.0 Å². The molecule has 0 bridgehead atoms. The van der Waals surface area contributed by atoms with Crippen LogP contribution in [0.4, 0.5) is 18.9 Å². The maximum absolute atomic E-state index is 11.9. The third-order valence-electron chi connectivity index (χ3n) is 2.29. The number of hydrogen-bond acceptors (Lipinski definition) is 5. The van der Waals surface area contributed by atoms with Crippen LogP contribution in [0.5, 0.6) is 0 Å². The van der Waals surface area contributed by atoms with Crippen LogP contribution in [0, 0.1) is 5.41 Å². The number of anilines is 1. The highest BCUT2D eigenvalue weighted by Crippen LogP contribution is 2.25. The molecule has 0 saturated heterocycles. The smallest absolute Gasteiger partial charge is 0.378 e. The first-order valence-corrected chi connectivity index (χ1v) is 6.69. The van der Waals surface area contributed by atoms with Crippen molar-refractivity contribution in [3.8, 4) is 0 Å². The maximum atomic E-state index is 11.9. The van der Waals surface area contributed by atoms with E-state index in [1.54, 1.807) is 6.92 Å². The summed E-state index contributed by atoms with van der Waals surface area (Å²) in [4.78, 5) is 7.63. The van der Waals surface area contributed by atoms with E-state index in [0.717, 1.165) is 0 Å². The monoisotopic (exact) mass is 344 g/mol. The zero-order valence-electron chi connectivity index (χ0n) is 11.0. The minimum Gasteiger partial charge on any atom is -0.378 e. The summed E-state index contributed by atoms with van der Waals surface area (Å²) in [6.45, 7) is 0.307. The molecule has 21 heavy (non-hydrogen) atoms. The molecule has 5 nitrogen and oxygen atoms in total. The Labute approximate surface area is 129 Å². The Morgan fingerprint density at radius 2 is 2.00 bits per heavy atom. The van der Waals surface area contributed by atoms with Gasteiger partial charge in [0.1, 0.15) is 18.0 Å². The van der Waals surface area contributed by atoms with Crippen LogP contribution in [-0.2, 0) is 4.74 Å². The second-order valence-electron chi connectivity index (χ2n) is 3.93. The molecule has 0 amide bonds. The first-order chi connectivity index (χ1) is 9.74. The van der Waals surface area contributed by atoms with Crippen LogP contribution in [0.2, 0.25) is 10.4 Å². The van der Waals surface area contributed by atoms with Gasteiger partial charge in [0.05, 0.1) is 12.3 Å². The SMILES string of the molecule is CCC(=N)c1nc(Cl)nc(Cl)c1NCCOCC(F)(F)F. The van der Waals surface area contributed by atoms with E-state index in [2.05, 4.69) is 20.0 Å². The minimum absolute atomic E-state index is 0.000906. The Morgan fingerprint density at radius 3 is 2.57 bits per heavy atom. The maximum Gasteiger partial charge on any atom is 0.411 e. The number of nitrogens with one attached hydrogen (secondary N) is 2. The van der Waals surface area contributed by atoms with Crippen molar-refractivity contribution >= 4 is 34.6 Å². The molecule has 0 radical (unpaired) electrons. The van der Waals surface area contributed by atoms with Gasteiger partial charge in [0.2, 0.25) is 5.28 Å². The van der Waals surface area contributed by atoms with Crippen LogP contribution in [0.25, 0.3) is 0 Å². The fraction of sp³-hybridized carbons (Fsp3) is 0.545. The van der Waals surface area contributed by atoms with Crippen LogP contribution in [0.15, 0.2) is 0 Å².